The molecule has 0 aliphatic rings. The van der Waals surface area contributed by atoms with Crippen LogP contribution >= 0.6 is 15.9 Å². The first-order valence-corrected chi connectivity index (χ1v) is 5.70. The van der Waals surface area contributed by atoms with Crippen LogP contribution in [0.25, 0.3) is 0 Å². The van der Waals surface area contributed by atoms with E-state index in [4.69, 9.17) is 0 Å². The second-order valence-electron chi connectivity index (χ2n) is 3.59. The Kier molecular flexibility index (Phi) is 3.38. The van der Waals surface area contributed by atoms with E-state index in [2.05, 4.69) is 26.2 Å². The van der Waals surface area contributed by atoms with E-state index in [9.17, 15) is 8.78 Å². The van der Waals surface area contributed by atoms with Crippen molar-refractivity contribution < 1.29 is 8.78 Å². The van der Waals surface area contributed by atoms with Crippen LogP contribution in [-0.2, 0) is 0 Å². The Bertz CT molecular complexity index is 509. The van der Waals surface area contributed by atoms with Crippen molar-refractivity contribution in [3.63, 3.8) is 0 Å². The fourth-order valence-corrected chi connectivity index (χ4v) is 1.66. The number of halogens is 3. The topological polar surface area (TPSA) is 24.9 Å². The molecule has 0 saturated heterocycles. The number of nitrogens with zero attached hydrogens (tertiary/aromatic N) is 1. The number of hydrogen-bond acceptors (Lipinski definition) is 2. The van der Waals surface area contributed by atoms with Crippen LogP contribution in [-0.4, -0.2) is 4.98 Å². The Morgan fingerprint density at radius 1 is 1.18 bits per heavy atom. The Morgan fingerprint density at radius 2 is 1.94 bits per heavy atom. The summed E-state index contributed by atoms with van der Waals surface area (Å²) in [5.41, 5.74) is 1.00. The number of aryl methyl sites for hydroxylation is 1. The normalized spacial score (nSPS) is 10.4. The molecule has 0 radical (unpaired) electrons. The number of rotatable bonds is 2. The van der Waals surface area contributed by atoms with Gasteiger partial charge in [0.2, 0.25) is 0 Å². The number of nitrogens with one attached hydrogen (secondary N) is 1. The predicted molar refractivity (Wildman–Crippen MR) is 66.3 cm³/mol. The van der Waals surface area contributed by atoms with Crippen LogP contribution < -0.4 is 5.32 Å². The van der Waals surface area contributed by atoms with Gasteiger partial charge >= 0.3 is 0 Å². The van der Waals surface area contributed by atoms with E-state index in [1.165, 1.54) is 18.3 Å². The van der Waals surface area contributed by atoms with Gasteiger partial charge in [-0.3, -0.25) is 0 Å². The first kappa shape index (κ1) is 12.0. The first-order valence-electron chi connectivity index (χ1n) is 4.90. The maximum absolute atomic E-state index is 13.5. The quantitative estimate of drug-likeness (QED) is 0.900. The second kappa shape index (κ2) is 4.79. The molecule has 17 heavy (non-hydrogen) atoms. The SMILES string of the molecule is Cc1ccc(Nc2ncc(Br)cc2F)c(F)c1. The van der Waals surface area contributed by atoms with Crippen molar-refractivity contribution in [1.29, 1.82) is 0 Å². The molecule has 5 heteroatoms. The highest BCUT2D eigenvalue weighted by molar-refractivity contribution is 9.10. The lowest BCUT2D eigenvalue weighted by Gasteiger charge is -2.08. The molecule has 1 aromatic heterocycles. The standard InChI is InChI=1S/C12H9BrF2N2/c1-7-2-3-11(9(14)4-7)17-12-10(15)5-8(13)6-16-12/h2-6H,1H3,(H,16,17). The molecule has 88 valence electrons. The molecular formula is C12H9BrF2N2. The zero-order valence-corrected chi connectivity index (χ0v) is 10.6. The summed E-state index contributed by atoms with van der Waals surface area (Å²) in [5, 5.41) is 2.61. The fourth-order valence-electron chi connectivity index (χ4n) is 1.36. The van der Waals surface area contributed by atoms with Crippen molar-refractivity contribution in [3.8, 4) is 0 Å². The van der Waals surface area contributed by atoms with Crippen LogP contribution in [0.4, 0.5) is 20.3 Å². The highest BCUT2D eigenvalue weighted by atomic mass is 79.9. The van der Waals surface area contributed by atoms with Gasteiger partial charge in [-0.25, -0.2) is 13.8 Å². The van der Waals surface area contributed by atoms with Gasteiger partial charge in [-0.15, -0.1) is 0 Å². The molecule has 0 fully saturated rings. The van der Waals surface area contributed by atoms with Crippen molar-refractivity contribution in [3.05, 3.63) is 52.1 Å². The Hall–Kier alpha value is -1.49. The van der Waals surface area contributed by atoms with Crippen LogP contribution in [0.3, 0.4) is 0 Å². The van der Waals surface area contributed by atoms with Crippen LogP contribution in [0.2, 0.25) is 0 Å². The van der Waals surface area contributed by atoms with Gasteiger partial charge < -0.3 is 5.32 Å². The smallest absolute Gasteiger partial charge is 0.166 e. The Morgan fingerprint density at radius 3 is 2.59 bits per heavy atom. The van der Waals surface area contributed by atoms with E-state index in [1.807, 2.05) is 0 Å². The zero-order chi connectivity index (χ0) is 12.4. The van der Waals surface area contributed by atoms with Crippen LogP contribution in [0.15, 0.2) is 34.9 Å². The molecule has 2 rings (SSSR count). The summed E-state index contributed by atoms with van der Waals surface area (Å²) in [5.74, 6) is -0.982. The molecule has 2 nitrogen and oxygen atoms in total. The van der Waals surface area contributed by atoms with Crippen molar-refractivity contribution >= 4 is 27.4 Å². The highest BCUT2D eigenvalue weighted by Gasteiger charge is 2.08. The second-order valence-corrected chi connectivity index (χ2v) is 4.51. The van der Waals surface area contributed by atoms with Gasteiger partial charge in [-0.1, -0.05) is 6.07 Å². The van der Waals surface area contributed by atoms with Crippen LogP contribution in [0, 0.1) is 18.6 Å². The summed E-state index contributed by atoms with van der Waals surface area (Å²) in [7, 11) is 0. The van der Waals surface area contributed by atoms with Crippen LogP contribution in [0.1, 0.15) is 5.56 Å². The molecule has 0 unspecified atom stereocenters. The fraction of sp³-hybridized carbons (Fsp3) is 0.0833. The molecule has 0 aliphatic heterocycles. The number of aromatic nitrogens is 1. The number of benzene rings is 1. The highest BCUT2D eigenvalue weighted by Crippen LogP contribution is 2.23. The average Bonchev–Trinajstić information content (AvgIpc) is 2.25. The maximum Gasteiger partial charge on any atom is 0.166 e. The molecule has 0 saturated carbocycles. The third-order valence-corrected chi connectivity index (χ3v) is 2.62. The third-order valence-electron chi connectivity index (χ3n) is 2.19. The monoisotopic (exact) mass is 298 g/mol. The summed E-state index contributed by atoms with van der Waals surface area (Å²) < 4.78 is 27.5. The lowest BCUT2D eigenvalue weighted by Crippen LogP contribution is -1.99. The number of pyridine rings is 1. The van der Waals surface area contributed by atoms with Crippen molar-refractivity contribution in [1.82, 2.24) is 4.98 Å². The van der Waals surface area contributed by atoms with Crippen molar-refractivity contribution in [2.24, 2.45) is 0 Å². The maximum atomic E-state index is 13.5. The van der Waals surface area contributed by atoms with Gasteiger partial charge in [-0.05, 0) is 46.6 Å². The molecule has 2 aromatic rings. The lowest BCUT2D eigenvalue weighted by atomic mass is 10.2. The van der Waals surface area contributed by atoms with E-state index in [0.717, 1.165) is 5.56 Å². The van der Waals surface area contributed by atoms with Gasteiger partial charge in [0, 0.05) is 10.7 Å². The van der Waals surface area contributed by atoms with Gasteiger partial charge in [0.15, 0.2) is 11.6 Å². The first-order chi connectivity index (χ1) is 8.06. The molecule has 0 bridgehead atoms. The van der Waals surface area contributed by atoms with Gasteiger partial charge in [-0.2, -0.15) is 0 Å². The number of anilines is 2. The largest absolute Gasteiger partial charge is 0.335 e. The van der Waals surface area contributed by atoms with E-state index >= 15 is 0 Å². The van der Waals surface area contributed by atoms with Crippen LogP contribution in [0.5, 0.6) is 0 Å². The number of hydrogen-bond donors (Lipinski definition) is 1. The summed E-state index contributed by atoms with van der Waals surface area (Å²) in [6, 6.07) is 5.93. The molecular weight excluding hydrogens is 290 g/mol. The molecule has 0 aliphatic carbocycles. The lowest BCUT2D eigenvalue weighted by molar-refractivity contribution is 0.620. The van der Waals surface area contributed by atoms with Gasteiger partial charge in [0.1, 0.15) is 5.82 Å². The van der Waals surface area contributed by atoms with Crippen molar-refractivity contribution in [2.45, 2.75) is 6.92 Å². The summed E-state index contributed by atoms with van der Waals surface area (Å²) in [6.45, 7) is 1.78. The third kappa shape index (κ3) is 2.79. The zero-order valence-electron chi connectivity index (χ0n) is 8.97. The average molecular weight is 299 g/mol. The van der Waals surface area contributed by atoms with Crippen molar-refractivity contribution in [2.75, 3.05) is 5.32 Å². The van der Waals surface area contributed by atoms with E-state index in [-0.39, 0.29) is 11.5 Å². The summed E-state index contributed by atoms with van der Waals surface area (Å²) in [4.78, 5) is 3.84. The van der Waals surface area contributed by atoms with Gasteiger partial charge in [0.05, 0.1) is 5.69 Å². The molecule has 0 spiro atoms. The minimum Gasteiger partial charge on any atom is -0.335 e. The predicted octanol–water partition coefficient (Wildman–Crippen LogP) is 4.17. The summed E-state index contributed by atoms with van der Waals surface area (Å²) >= 11 is 3.10. The van der Waals surface area contributed by atoms with Gasteiger partial charge in [0.25, 0.3) is 0 Å². The Labute approximate surface area is 106 Å². The van der Waals surface area contributed by atoms with E-state index < -0.39 is 11.6 Å². The molecule has 1 aromatic carbocycles. The molecule has 1 N–H and O–H groups in total. The van der Waals surface area contributed by atoms with E-state index in [1.54, 1.807) is 19.1 Å². The Balaban J connectivity index is 2.31. The van der Waals surface area contributed by atoms with E-state index in [0.29, 0.717) is 4.47 Å². The molecule has 0 amide bonds. The molecule has 0 atom stereocenters. The molecule has 1 heterocycles. The minimum atomic E-state index is -0.542. The summed E-state index contributed by atoms with van der Waals surface area (Å²) in [6.07, 6.45) is 1.44. The minimum absolute atomic E-state index is 0.00375.